The fraction of sp³-hybridized carbons (Fsp3) is 0.923. The summed E-state index contributed by atoms with van der Waals surface area (Å²) in [5, 5.41) is 1.49. The third kappa shape index (κ3) is 2.84. The second-order valence-electron chi connectivity index (χ2n) is 5.02. The Hall–Kier alpha value is -0.650. The van der Waals surface area contributed by atoms with Crippen molar-refractivity contribution in [2.45, 2.75) is 51.2 Å². The molecule has 2 fully saturated rings. The molecule has 0 spiro atoms. The number of carbonyl (C=O) groups excluding carboxylic acids is 1. The first-order valence-corrected chi connectivity index (χ1v) is 6.84. The Kier molecular flexibility index (Phi) is 4.97. The van der Waals surface area contributed by atoms with Crippen LogP contribution in [0.3, 0.4) is 0 Å². The predicted octanol–water partition coefficient (Wildman–Crippen LogP) is 1.72. The fourth-order valence-corrected chi connectivity index (χ4v) is 2.57. The molecule has 0 N–H and O–H groups in total. The minimum Gasteiger partial charge on any atom is -0.359 e. The summed E-state index contributed by atoms with van der Waals surface area (Å²) >= 11 is 0. The van der Waals surface area contributed by atoms with Gasteiger partial charge in [-0.3, -0.25) is 9.63 Å². The summed E-state index contributed by atoms with van der Waals surface area (Å²) in [5.41, 5.74) is 0. The summed E-state index contributed by atoms with van der Waals surface area (Å²) in [5.74, 6) is 0.764. The van der Waals surface area contributed by atoms with Crippen LogP contribution in [0, 0.1) is 5.92 Å². The van der Waals surface area contributed by atoms with Crippen LogP contribution in [0.5, 0.6) is 0 Å². The molecule has 2 rings (SSSR count). The lowest BCUT2D eigenvalue weighted by atomic mass is 9.80. The second kappa shape index (κ2) is 6.50. The van der Waals surface area contributed by atoms with E-state index in [1.54, 1.807) is 7.11 Å². The maximum Gasteiger partial charge on any atom is 0.277 e. The lowest BCUT2D eigenvalue weighted by Crippen LogP contribution is -2.65. The predicted molar refractivity (Wildman–Crippen MR) is 65.6 cm³/mol. The molecule has 0 radical (unpaired) electrons. The zero-order valence-corrected chi connectivity index (χ0v) is 11.3. The molecule has 18 heavy (non-hydrogen) atoms. The Bertz CT molecular complexity index is 280. The van der Waals surface area contributed by atoms with Gasteiger partial charge in [0, 0.05) is 7.11 Å². The number of nitrogens with zero attached hydrogens (tertiary/aromatic N) is 1. The molecule has 2 atom stereocenters. The van der Waals surface area contributed by atoms with E-state index >= 15 is 0 Å². The third-order valence-corrected chi connectivity index (χ3v) is 3.84. The van der Waals surface area contributed by atoms with Crippen LogP contribution in [0.2, 0.25) is 0 Å². The van der Waals surface area contributed by atoms with Gasteiger partial charge in [-0.05, 0) is 25.7 Å². The van der Waals surface area contributed by atoms with Crippen LogP contribution in [0.1, 0.15) is 39.0 Å². The molecule has 104 valence electrons. The zero-order chi connectivity index (χ0) is 13.0. The number of amides is 1. The third-order valence-electron chi connectivity index (χ3n) is 3.84. The topological polar surface area (TPSA) is 48.0 Å². The number of carbonyl (C=O) groups is 1. The first-order valence-electron chi connectivity index (χ1n) is 6.84. The van der Waals surface area contributed by atoms with E-state index in [1.165, 1.54) is 24.3 Å². The van der Waals surface area contributed by atoms with Crippen LogP contribution in [-0.2, 0) is 19.1 Å². The van der Waals surface area contributed by atoms with Crippen molar-refractivity contribution in [2.24, 2.45) is 5.92 Å². The highest BCUT2D eigenvalue weighted by Gasteiger charge is 2.49. The average Bonchev–Trinajstić information content (AvgIpc) is 2.32. The van der Waals surface area contributed by atoms with Gasteiger partial charge in [-0.15, -0.1) is 0 Å². The van der Waals surface area contributed by atoms with Crippen molar-refractivity contribution in [3.63, 3.8) is 0 Å². The van der Waals surface area contributed by atoms with Gasteiger partial charge < -0.3 is 9.47 Å². The molecule has 1 amide bonds. The maximum atomic E-state index is 11.8. The van der Waals surface area contributed by atoms with Crippen LogP contribution in [0.25, 0.3) is 0 Å². The van der Waals surface area contributed by atoms with E-state index in [-0.39, 0.29) is 24.8 Å². The summed E-state index contributed by atoms with van der Waals surface area (Å²) < 4.78 is 10.3. The normalized spacial score (nSPS) is 28.1. The molecule has 1 aliphatic heterocycles. The summed E-state index contributed by atoms with van der Waals surface area (Å²) in [4.78, 5) is 17.2. The molecule has 1 aliphatic carbocycles. The highest BCUT2D eigenvalue weighted by Crippen LogP contribution is 2.34. The number of ether oxygens (including phenoxy) is 2. The van der Waals surface area contributed by atoms with Crippen LogP contribution in [0.4, 0.5) is 0 Å². The molecular weight excluding hydrogens is 234 g/mol. The summed E-state index contributed by atoms with van der Waals surface area (Å²) in [6.07, 6.45) is 5.76. The smallest absolute Gasteiger partial charge is 0.277 e. The van der Waals surface area contributed by atoms with Crippen molar-refractivity contribution in [1.82, 2.24) is 5.06 Å². The molecule has 5 heteroatoms. The minimum atomic E-state index is -0.378. The lowest BCUT2D eigenvalue weighted by molar-refractivity contribution is -0.268. The number of hydrogen-bond acceptors (Lipinski definition) is 4. The molecule has 1 heterocycles. The first-order chi connectivity index (χ1) is 8.77. The first kappa shape index (κ1) is 13.8. The molecule has 1 saturated heterocycles. The molecule has 0 aromatic rings. The summed E-state index contributed by atoms with van der Waals surface area (Å²) in [7, 11) is 1.56. The van der Waals surface area contributed by atoms with E-state index in [0.29, 0.717) is 6.61 Å². The monoisotopic (exact) mass is 257 g/mol. The quantitative estimate of drug-likeness (QED) is 0.490. The molecular formula is C13H23NO4. The second-order valence-corrected chi connectivity index (χ2v) is 5.02. The van der Waals surface area contributed by atoms with E-state index in [2.05, 4.69) is 0 Å². The Morgan fingerprint density at radius 3 is 2.67 bits per heavy atom. The number of hydroxylamine groups is 2. The Labute approximate surface area is 108 Å². The van der Waals surface area contributed by atoms with Gasteiger partial charge in [-0.2, -0.15) is 0 Å². The average molecular weight is 257 g/mol. The van der Waals surface area contributed by atoms with E-state index in [4.69, 9.17) is 14.3 Å². The van der Waals surface area contributed by atoms with Gasteiger partial charge >= 0.3 is 0 Å². The number of rotatable bonds is 8. The Morgan fingerprint density at radius 2 is 2.11 bits per heavy atom. The summed E-state index contributed by atoms with van der Waals surface area (Å²) in [6.45, 7) is 2.57. The van der Waals surface area contributed by atoms with E-state index < -0.39 is 0 Å². The van der Waals surface area contributed by atoms with Gasteiger partial charge in [-0.1, -0.05) is 19.3 Å². The Balaban J connectivity index is 1.81. The van der Waals surface area contributed by atoms with Crippen LogP contribution < -0.4 is 0 Å². The highest BCUT2D eigenvalue weighted by atomic mass is 16.7. The molecule has 0 aromatic carbocycles. The molecule has 0 bridgehead atoms. The number of β-lactam (4-membered cyclic amide) rings is 1. The largest absolute Gasteiger partial charge is 0.359 e. The fourth-order valence-electron chi connectivity index (χ4n) is 2.57. The molecule has 0 aromatic heterocycles. The van der Waals surface area contributed by atoms with Gasteiger partial charge in [0.25, 0.3) is 5.91 Å². The lowest BCUT2D eigenvalue weighted by Gasteiger charge is -2.45. The van der Waals surface area contributed by atoms with E-state index in [0.717, 1.165) is 18.8 Å². The summed E-state index contributed by atoms with van der Waals surface area (Å²) in [6, 6.07) is 0.0631. The van der Waals surface area contributed by atoms with E-state index in [1.807, 2.05) is 6.92 Å². The highest BCUT2D eigenvalue weighted by molar-refractivity contribution is 5.87. The molecule has 1 saturated carbocycles. The molecule has 0 unspecified atom stereocenters. The van der Waals surface area contributed by atoms with Gasteiger partial charge in [0.2, 0.25) is 0 Å². The van der Waals surface area contributed by atoms with Crippen LogP contribution in [-0.4, -0.2) is 43.6 Å². The molecule has 2 aliphatic rings. The Morgan fingerprint density at radius 1 is 1.33 bits per heavy atom. The van der Waals surface area contributed by atoms with Crippen molar-refractivity contribution in [3.05, 3.63) is 0 Å². The van der Waals surface area contributed by atoms with Gasteiger partial charge in [0.05, 0.1) is 12.6 Å². The zero-order valence-electron chi connectivity index (χ0n) is 11.3. The van der Waals surface area contributed by atoms with E-state index in [9.17, 15) is 4.79 Å². The van der Waals surface area contributed by atoms with Crippen molar-refractivity contribution >= 4 is 5.91 Å². The number of methoxy groups -OCH3 is 1. The van der Waals surface area contributed by atoms with Crippen LogP contribution in [0.15, 0.2) is 0 Å². The maximum absolute atomic E-state index is 11.8. The minimum absolute atomic E-state index is 0.0631. The SMILES string of the molecule is CCON1C(=O)[C@H](OCOC)[C@@H]1CCC1CCC1. The molecule has 5 nitrogen and oxygen atoms in total. The van der Waals surface area contributed by atoms with Crippen molar-refractivity contribution in [1.29, 1.82) is 0 Å². The van der Waals surface area contributed by atoms with Gasteiger partial charge in [-0.25, -0.2) is 5.06 Å². The van der Waals surface area contributed by atoms with Gasteiger partial charge in [0.15, 0.2) is 6.10 Å². The number of hydrogen-bond donors (Lipinski definition) is 0. The van der Waals surface area contributed by atoms with Crippen molar-refractivity contribution in [3.8, 4) is 0 Å². The van der Waals surface area contributed by atoms with Crippen LogP contribution >= 0.6 is 0 Å². The van der Waals surface area contributed by atoms with Crippen molar-refractivity contribution in [2.75, 3.05) is 20.5 Å². The van der Waals surface area contributed by atoms with Gasteiger partial charge in [0.1, 0.15) is 6.79 Å². The standard InChI is InChI=1S/C13H23NO4/c1-3-18-14-11(8-7-10-5-4-6-10)12(13(14)15)17-9-16-2/h10-12H,3-9H2,1-2H3/t11-,12+/m0/s1. The van der Waals surface area contributed by atoms with Crippen molar-refractivity contribution < 1.29 is 19.1 Å².